The van der Waals surface area contributed by atoms with Crippen LogP contribution in [0.4, 0.5) is 15.9 Å². The maximum atomic E-state index is 13.0. The number of nitro groups is 1. The minimum atomic E-state index is -0.813. The van der Waals surface area contributed by atoms with Crippen molar-refractivity contribution >= 4 is 33.3 Å². The number of nitro benzene ring substituents is 1. The van der Waals surface area contributed by atoms with E-state index in [4.69, 9.17) is 0 Å². The number of hydrogen-bond acceptors (Lipinski definition) is 4. The monoisotopic (exact) mass is 339 g/mol. The van der Waals surface area contributed by atoms with Gasteiger partial charge in [-0.05, 0) is 40.2 Å². The maximum Gasteiger partial charge on any atom is 0.285 e. The molecule has 1 heterocycles. The van der Waals surface area contributed by atoms with Crippen molar-refractivity contribution in [1.29, 1.82) is 0 Å². The first kappa shape index (κ1) is 14.1. The minimum absolute atomic E-state index is 0.225. The van der Waals surface area contributed by atoms with Crippen molar-refractivity contribution in [3.8, 4) is 0 Å². The van der Waals surface area contributed by atoms with Crippen LogP contribution >= 0.6 is 15.9 Å². The summed E-state index contributed by atoms with van der Waals surface area (Å²) >= 11 is 3.14. The Hall–Kier alpha value is -2.35. The summed E-state index contributed by atoms with van der Waals surface area (Å²) in [7, 11) is 0. The van der Waals surface area contributed by atoms with Crippen LogP contribution in [0, 0.1) is 15.9 Å². The number of nitrogens with zero attached hydrogens (tertiary/aromatic N) is 2. The van der Waals surface area contributed by atoms with E-state index in [1.54, 1.807) is 12.1 Å². The van der Waals surface area contributed by atoms with Gasteiger partial charge in [0.15, 0.2) is 0 Å². The minimum Gasteiger partial charge on any atom is -0.306 e. The first-order valence-electron chi connectivity index (χ1n) is 5.35. The van der Waals surface area contributed by atoms with Gasteiger partial charge in [-0.25, -0.2) is 9.37 Å². The molecule has 0 spiro atoms. The summed E-state index contributed by atoms with van der Waals surface area (Å²) in [5.41, 5.74) is -0.837. The van der Waals surface area contributed by atoms with Crippen LogP contribution in [-0.2, 0) is 0 Å². The summed E-state index contributed by atoms with van der Waals surface area (Å²) in [4.78, 5) is 25.9. The molecule has 0 aliphatic rings. The largest absolute Gasteiger partial charge is 0.306 e. The summed E-state index contributed by atoms with van der Waals surface area (Å²) in [6.07, 6.45) is 0. The topological polar surface area (TPSA) is 85.1 Å². The van der Waals surface area contributed by atoms with E-state index >= 15 is 0 Å². The van der Waals surface area contributed by atoms with E-state index in [0.29, 0.717) is 10.7 Å². The second-order valence-electron chi connectivity index (χ2n) is 3.72. The third kappa shape index (κ3) is 3.15. The number of amides is 1. The summed E-state index contributed by atoms with van der Waals surface area (Å²) in [5, 5.41) is 13.2. The van der Waals surface area contributed by atoms with Gasteiger partial charge in [0.05, 0.1) is 11.0 Å². The highest BCUT2D eigenvalue weighted by molar-refractivity contribution is 9.10. The lowest BCUT2D eigenvalue weighted by molar-refractivity contribution is -0.385. The molecule has 1 aromatic heterocycles. The molecule has 20 heavy (non-hydrogen) atoms. The molecular weight excluding hydrogens is 333 g/mol. The van der Waals surface area contributed by atoms with Crippen LogP contribution in [0.1, 0.15) is 10.4 Å². The average Bonchev–Trinajstić information content (AvgIpc) is 2.38. The predicted molar refractivity (Wildman–Crippen MR) is 72.9 cm³/mol. The summed E-state index contributed by atoms with van der Waals surface area (Å²) in [5.74, 6) is -1.29. The number of pyridine rings is 1. The SMILES string of the molecule is O=C(Nc1cccc(Br)n1)c1ccc(F)cc1[N+](=O)[O-]. The molecule has 8 heteroatoms. The molecule has 0 saturated carbocycles. The van der Waals surface area contributed by atoms with Crippen molar-refractivity contribution in [2.24, 2.45) is 0 Å². The fourth-order valence-electron chi connectivity index (χ4n) is 1.51. The molecule has 2 aromatic rings. The summed E-state index contributed by atoms with van der Waals surface area (Å²) in [6, 6.07) is 7.57. The number of rotatable bonds is 3. The molecule has 0 unspecified atom stereocenters. The zero-order chi connectivity index (χ0) is 14.7. The van der Waals surface area contributed by atoms with E-state index in [1.807, 2.05) is 0 Å². The van der Waals surface area contributed by atoms with Gasteiger partial charge in [0.25, 0.3) is 11.6 Å². The van der Waals surface area contributed by atoms with Gasteiger partial charge in [0.1, 0.15) is 21.8 Å². The van der Waals surface area contributed by atoms with Gasteiger partial charge in [0, 0.05) is 0 Å². The highest BCUT2D eigenvalue weighted by atomic mass is 79.9. The van der Waals surface area contributed by atoms with E-state index in [-0.39, 0.29) is 11.4 Å². The summed E-state index contributed by atoms with van der Waals surface area (Å²) in [6.45, 7) is 0. The molecule has 1 N–H and O–H groups in total. The van der Waals surface area contributed by atoms with Crippen LogP contribution in [0.15, 0.2) is 41.0 Å². The standard InChI is InChI=1S/C12H7BrFN3O3/c13-10-2-1-3-11(15-10)16-12(18)8-5-4-7(14)6-9(8)17(19)20/h1-6H,(H,15,16,18). The van der Waals surface area contributed by atoms with Gasteiger partial charge in [-0.3, -0.25) is 14.9 Å². The molecule has 0 aliphatic carbocycles. The second kappa shape index (κ2) is 5.74. The van der Waals surface area contributed by atoms with Gasteiger partial charge in [-0.2, -0.15) is 0 Å². The van der Waals surface area contributed by atoms with Gasteiger partial charge < -0.3 is 5.32 Å². The Balaban J connectivity index is 2.32. The van der Waals surface area contributed by atoms with Crippen LogP contribution in [-0.4, -0.2) is 15.8 Å². The fraction of sp³-hybridized carbons (Fsp3) is 0. The Morgan fingerprint density at radius 3 is 2.75 bits per heavy atom. The molecule has 0 radical (unpaired) electrons. The van der Waals surface area contributed by atoms with Gasteiger partial charge in [0.2, 0.25) is 0 Å². The van der Waals surface area contributed by atoms with Gasteiger partial charge in [-0.15, -0.1) is 0 Å². The number of hydrogen-bond donors (Lipinski definition) is 1. The lowest BCUT2D eigenvalue weighted by atomic mass is 10.1. The van der Waals surface area contributed by atoms with Crippen molar-refractivity contribution in [1.82, 2.24) is 4.98 Å². The third-order valence-corrected chi connectivity index (χ3v) is 2.80. The maximum absolute atomic E-state index is 13.0. The molecule has 0 atom stereocenters. The summed E-state index contributed by atoms with van der Waals surface area (Å²) < 4.78 is 13.5. The van der Waals surface area contributed by atoms with Crippen molar-refractivity contribution in [3.05, 3.63) is 62.5 Å². The molecule has 1 aromatic carbocycles. The van der Waals surface area contributed by atoms with Crippen molar-refractivity contribution in [2.45, 2.75) is 0 Å². The molecule has 2 rings (SSSR count). The zero-order valence-corrected chi connectivity index (χ0v) is 11.4. The lowest BCUT2D eigenvalue weighted by Crippen LogP contribution is -2.15. The molecule has 0 bridgehead atoms. The Morgan fingerprint density at radius 2 is 2.10 bits per heavy atom. The van der Waals surface area contributed by atoms with Crippen LogP contribution in [0.5, 0.6) is 0 Å². The molecule has 0 fully saturated rings. The molecule has 0 saturated heterocycles. The Bertz CT molecular complexity index is 693. The quantitative estimate of drug-likeness (QED) is 0.528. The number of carbonyl (C=O) groups excluding carboxylic acids is 1. The Labute approximate surface area is 120 Å². The molecule has 6 nitrogen and oxygen atoms in total. The Kier molecular flexibility index (Phi) is 4.04. The molecule has 1 amide bonds. The molecule has 102 valence electrons. The highest BCUT2D eigenvalue weighted by Gasteiger charge is 2.21. The van der Waals surface area contributed by atoms with Crippen molar-refractivity contribution < 1.29 is 14.1 Å². The zero-order valence-electron chi connectivity index (χ0n) is 9.84. The third-order valence-electron chi connectivity index (χ3n) is 2.36. The average molecular weight is 340 g/mol. The van der Waals surface area contributed by atoms with Gasteiger partial charge >= 0.3 is 0 Å². The first-order valence-corrected chi connectivity index (χ1v) is 6.14. The molecule has 0 aliphatic heterocycles. The number of nitrogens with one attached hydrogen (secondary N) is 1. The number of aromatic nitrogens is 1. The highest BCUT2D eigenvalue weighted by Crippen LogP contribution is 2.21. The number of anilines is 1. The van der Waals surface area contributed by atoms with E-state index in [2.05, 4.69) is 26.2 Å². The first-order chi connectivity index (χ1) is 9.47. The number of carbonyl (C=O) groups is 1. The van der Waals surface area contributed by atoms with Crippen LogP contribution in [0.25, 0.3) is 0 Å². The van der Waals surface area contributed by atoms with E-state index < -0.39 is 22.3 Å². The number of halogens is 2. The van der Waals surface area contributed by atoms with Crippen LogP contribution in [0.2, 0.25) is 0 Å². The van der Waals surface area contributed by atoms with E-state index in [9.17, 15) is 19.3 Å². The van der Waals surface area contributed by atoms with Crippen molar-refractivity contribution in [2.75, 3.05) is 5.32 Å². The smallest absolute Gasteiger partial charge is 0.285 e. The molecular formula is C12H7BrFN3O3. The van der Waals surface area contributed by atoms with Crippen molar-refractivity contribution in [3.63, 3.8) is 0 Å². The second-order valence-corrected chi connectivity index (χ2v) is 4.53. The van der Waals surface area contributed by atoms with Crippen LogP contribution < -0.4 is 5.32 Å². The number of benzene rings is 1. The predicted octanol–water partition coefficient (Wildman–Crippen LogP) is 3.14. The Morgan fingerprint density at radius 1 is 1.35 bits per heavy atom. The lowest BCUT2D eigenvalue weighted by Gasteiger charge is -2.05. The van der Waals surface area contributed by atoms with E-state index in [0.717, 1.165) is 12.1 Å². The fourth-order valence-corrected chi connectivity index (χ4v) is 1.85. The van der Waals surface area contributed by atoms with E-state index in [1.165, 1.54) is 6.07 Å². The van der Waals surface area contributed by atoms with Crippen LogP contribution in [0.3, 0.4) is 0 Å². The normalized spacial score (nSPS) is 10.1. The van der Waals surface area contributed by atoms with Gasteiger partial charge in [-0.1, -0.05) is 6.07 Å².